The molecule has 2 aliphatic rings. The number of carbonyl (C=O) groups is 2. The standard InChI is InChI=1S/C18H24N2O4/c1-2-19-10-8-18(9-11-19)20(15(13-24-18)17(22)23)16(21)12-14-6-4-3-5-7-14/h3-7,15H,2,8-13H2,1H3,(H,22,23)/t15-/m1/s1. The fourth-order valence-corrected chi connectivity index (χ4v) is 3.70. The maximum Gasteiger partial charge on any atom is 0.328 e. The smallest absolute Gasteiger partial charge is 0.328 e. The molecular formula is C18H24N2O4. The van der Waals surface area contributed by atoms with Gasteiger partial charge in [0.2, 0.25) is 5.91 Å². The summed E-state index contributed by atoms with van der Waals surface area (Å²) >= 11 is 0. The lowest BCUT2D eigenvalue weighted by Gasteiger charge is -2.44. The molecule has 3 rings (SSSR count). The zero-order valence-electron chi connectivity index (χ0n) is 14.0. The second-order valence-electron chi connectivity index (χ2n) is 6.47. The Morgan fingerprint density at radius 1 is 1.25 bits per heavy atom. The average molecular weight is 332 g/mol. The summed E-state index contributed by atoms with van der Waals surface area (Å²) in [4.78, 5) is 28.4. The summed E-state index contributed by atoms with van der Waals surface area (Å²) in [5, 5.41) is 9.53. The van der Waals surface area contributed by atoms with Crippen molar-refractivity contribution in [2.45, 2.75) is 38.0 Å². The highest BCUT2D eigenvalue weighted by atomic mass is 16.5. The van der Waals surface area contributed by atoms with Gasteiger partial charge in [0.05, 0.1) is 13.0 Å². The first-order valence-corrected chi connectivity index (χ1v) is 8.51. The van der Waals surface area contributed by atoms with Crippen molar-refractivity contribution < 1.29 is 19.4 Å². The monoisotopic (exact) mass is 332 g/mol. The molecule has 0 radical (unpaired) electrons. The van der Waals surface area contributed by atoms with Crippen LogP contribution in [0.4, 0.5) is 0 Å². The van der Waals surface area contributed by atoms with Gasteiger partial charge in [-0.2, -0.15) is 0 Å². The van der Waals surface area contributed by atoms with Crippen molar-refractivity contribution in [1.82, 2.24) is 9.80 Å². The van der Waals surface area contributed by atoms with Crippen LogP contribution in [0.3, 0.4) is 0 Å². The van der Waals surface area contributed by atoms with Gasteiger partial charge < -0.3 is 14.7 Å². The van der Waals surface area contributed by atoms with Crippen molar-refractivity contribution in [3.8, 4) is 0 Å². The topological polar surface area (TPSA) is 70.1 Å². The molecule has 6 nitrogen and oxygen atoms in total. The number of piperidine rings is 1. The van der Waals surface area contributed by atoms with E-state index in [4.69, 9.17) is 4.74 Å². The predicted molar refractivity (Wildman–Crippen MR) is 88.4 cm³/mol. The van der Waals surface area contributed by atoms with Crippen molar-refractivity contribution in [3.05, 3.63) is 35.9 Å². The van der Waals surface area contributed by atoms with Crippen LogP contribution >= 0.6 is 0 Å². The van der Waals surface area contributed by atoms with E-state index in [9.17, 15) is 14.7 Å². The van der Waals surface area contributed by atoms with Crippen LogP contribution in [0, 0.1) is 0 Å². The van der Waals surface area contributed by atoms with E-state index in [1.54, 1.807) is 0 Å². The Balaban J connectivity index is 1.81. The minimum absolute atomic E-state index is 0.0714. The van der Waals surface area contributed by atoms with Gasteiger partial charge in [-0.3, -0.25) is 9.69 Å². The van der Waals surface area contributed by atoms with E-state index in [1.165, 1.54) is 4.90 Å². The molecule has 6 heteroatoms. The fourth-order valence-electron chi connectivity index (χ4n) is 3.70. The van der Waals surface area contributed by atoms with Crippen LogP contribution in [-0.4, -0.2) is 64.8 Å². The third-order valence-corrected chi connectivity index (χ3v) is 5.10. The van der Waals surface area contributed by atoms with E-state index in [1.807, 2.05) is 30.3 Å². The van der Waals surface area contributed by atoms with Gasteiger partial charge in [-0.05, 0) is 12.1 Å². The number of amides is 1. The molecular weight excluding hydrogens is 308 g/mol. The molecule has 24 heavy (non-hydrogen) atoms. The van der Waals surface area contributed by atoms with Crippen LogP contribution in [0.1, 0.15) is 25.3 Å². The summed E-state index contributed by atoms with van der Waals surface area (Å²) in [6.07, 6.45) is 1.52. The Morgan fingerprint density at radius 2 is 1.92 bits per heavy atom. The summed E-state index contributed by atoms with van der Waals surface area (Å²) in [6, 6.07) is 8.54. The van der Waals surface area contributed by atoms with E-state index >= 15 is 0 Å². The highest BCUT2D eigenvalue weighted by Gasteiger charge is 2.53. The molecule has 1 amide bonds. The van der Waals surface area contributed by atoms with Crippen LogP contribution in [0.15, 0.2) is 30.3 Å². The van der Waals surface area contributed by atoms with E-state index < -0.39 is 17.7 Å². The van der Waals surface area contributed by atoms with Gasteiger partial charge in [-0.15, -0.1) is 0 Å². The van der Waals surface area contributed by atoms with E-state index in [-0.39, 0.29) is 18.9 Å². The molecule has 0 bridgehead atoms. The minimum atomic E-state index is -0.994. The molecule has 1 spiro atoms. The molecule has 0 aliphatic carbocycles. The van der Waals surface area contributed by atoms with Crippen molar-refractivity contribution in [2.75, 3.05) is 26.2 Å². The molecule has 2 heterocycles. The number of nitrogens with zero attached hydrogens (tertiary/aromatic N) is 2. The second-order valence-corrected chi connectivity index (χ2v) is 6.47. The molecule has 0 unspecified atom stereocenters. The number of ether oxygens (including phenoxy) is 1. The van der Waals surface area contributed by atoms with Crippen molar-refractivity contribution in [2.24, 2.45) is 0 Å². The summed E-state index contributed by atoms with van der Waals surface area (Å²) in [5.74, 6) is -1.16. The predicted octanol–water partition coefficient (Wildman–Crippen LogP) is 1.35. The van der Waals surface area contributed by atoms with Crippen molar-refractivity contribution in [1.29, 1.82) is 0 Å². The molecule has 2 aliphatic heterocycles. The first-order valence-electron chi connectivity index (χ1n) is 8.51. The number of rotatable bonds is 4. The average Bonchev–Trinajstić information content (AvgIpc) is 2.96. The lowest BCUT2D eigenvalue weighted by Crippen LogP contribution is -2.58. The first kappa shape index (κ1) is 16.9. The highest BCUT2D eigenvalue weighted by molar-refractivity contribution is 5.86. The van der Waals surface area contributed by atoms with E-state index in [2.05, 4.69) is 11.8 Å². The van der Waals surface area contributed by atoms with Crippen molar-refractivity contribution in [3.63, 3.8) is 0 Å². The van der Waals surface area contributed by atoms with Gasteiger partial charge in [-0.1, -0.05) is 37.3 Å². The Bertz CT molecular complexity index is 596. The summed E-state index contributed by atoms with van der Waals surface area (Å²) < 4.78 is 5.92. The number of likely N-dealkylation sites (tertiary alicyclic amines) is 1. The molecule has 2 fully saturated rings. The van der Waals surface area contributed by atoms with Gasteiger partial charge in [0, 0.05) is 25.9 Å². The summed E-state index contributed by atoms with van der Waals surface area (Å²) in [5.41, 5.74) is 0.125. The molecule has 2 saturated heterocycles. The normalized spacial score (nSPS) is 23.5. The first-order chi connectivity index (χ1) is 11.6. The molecule has 1 atom stereocenters. The largest absolute Gasteiger partial charge is 0.480 e. The number of hydrogen-bond donors (Lipinski definition) is 1. The fraction of sp³-hybridized carbons (Fsp3) is 0.556. The zero-order chi connectivity index (χ0) is 17.2. The van der Waals surface area contributed by atoms with Gasteiger partial charge in [0.1, 0.15) is 5.72 Å². The number of hydrogen-bond acceptors (Lipinski definition) is 4. The van der Waals surface area contributed by atoms with Crippen LogP contribution in [0.25, 0.3) is 0 Å². The minimum Gasteiger partial charge on any atom is -0.480 e. The lowest BCUT2D eigenvalue weighted by molar-refractivity contribution is -0.165. The van der Waals surface area contributed by atoms with Gasteiger partial charge in [0.25, 0.3) is 0 Å². The van der Waals surface area contributed by atoms with Crippen LogP contribution in [0.5, 0.6) is 0 Å². The molecule has 130 valence electrons. The van der Waals surface area contributed by atoms with Gasteiger partial charge >= 0.3 is 5.97 Å². The number of carboxylic acid groups (broad SMARTS) is 1. The third kappa shape index (κ3) is 3.16. The summed E-state index contributed by atoms with van der Waals surface area (Å²) in [7, 11) is 0. The number of aliphatic carboxylic acids is 1. The van der Waals surface area contributed by atoms with Crippen LogP contribution < -0.4 is 0 Å². The zero-order valence-corrected chi connectivity index (χ0v) is 14.0. The van der Waals surface area contributed by atoms with E-state index in [0.29, 0.717) is 12.8 Å². The maximum atomic E-state index is 12.9. The van der Waals surface area contributed by atoms with Crippen molar-refractivity contribution >= 4 is 11.9 Å². The number of benzene rings is 1. The van der Waals surface area contributed by atoms with Gasteiger partial charge in [0.15, 0.2) is 6.04 Å². The molecule has 1 aromatic rings. The Hall–Kier alpha value is -1.92. The Kier molecular flexibility index (Phi) is 4.87. The highest BCUT2D eigenvalue weighted by Crippen LogP contribution is 2.37. The molecule has 0 saturated carbocycles. The SMILES string of the molecule is CCN1CCC2(CC1)OC[C@H](C(=O)O)N2C(=O)Cc1ccccc1. The number of carboxylic acids is 1. The number of carbonyl (C=O) groups excluding carboxylic acids is 1. The maximum absolute atomic E-state index is 12.9. The quantitative estimate of drug-likeness (QED) is 0.901. The van der Waals surface area contributed by atoms with E-state index in [0.717, 1.165) is 25.2 Å². The Morgan fingerprint density at radius 3 is 2.50 bits per heavy atom. The second kappa shape index (κ2) is 6.91. The Labute approximate surface area is 142 Å². The molecule has 1 N–H and O–H groups in total. The lowest BCUT2D eigenvalue weighted by atomic mass is 9.97. The molecule has 0 aromatic heterocycles. The van der Waals surface area contributed by atoms with Crippen LogP contribution in [-0.2, 0) is 20.7 Å². The summed E-state index contributed by atoms with van der Waals surface area (Å²) in [6.45, 7) is 4.76. The molecule has 1 aromatic carbocycles. The van der Waals surface area contributed by atoms with Crippen LogP contribution in [0.2, 0.25) is 0 Å². The van der Waals surface area contributed by atoms with Gasteiger partial charge in [-0.25, -0.2) is 4.79 Å². The third-order valence-electron chi connectivity index (χ3n) is 5.10.